The van der Waals surface area contributed by atoms with Gasteiger partial charge in [-0.05, 0) is 43.3 Å². The third kappa shape index (κ3) is 2.31. The zero-order valence-corrected chi connectivity index (χ0v) is 11.2. The first-order valence-electron chi connectivity index (χ1n) is 5.45. The first-order valence-corrected chi connectivity index (χ1v) is 8.15. The maximum Gasteiger partial charge on any atom is 0.150 e. The number of thiophene rings is 1. The minimum Gasteiger partial charge on any atom is -0.313 e. The van der Waals surface area contributed by atoms with E-state index in [1.54, 1.807) is 11.3 Å². The zero-order chi connectivity index (χ0) is 11.8. The van der Waals surface area contributed by atoms with E-state index in [-0.39, 0.29) is 12.0 Å². The van der Waals surface area contributed by atoms with Gasteiger partial charge < -0.3 is 5.32 Å². The van der Waals surface area contributed by atoms with Gasteiger partial charge in [0.25, 0.3) is 0 Å². The number of hydrogen-bond donors (Lipinski definition) is 1. The predicted octanol–water partition coefficient (Wildman–Crippen LogP) is 1.75. The molecule has 16 heavy (non-hydrogen) atoms. The van der Waals surface area contributed by atoms with Crippen molar-refractivity contribution in [2.45, 2.75) is 19.4 Å². The van der Waals surface area contributed by atoms with Crippen molar-refractivity contribution in [2.24, 2.45) is 5.92 Å². The van der Waals surface area contributed by atoms with Gasteiger partial charge in [-0.2, -0.15) is 0 Å². The van der Waals surface area contributed by atoms with E-state index in [1.807, 2.05) is 7.05 Å². The molecule has 5 heteroatoms. The molecule has 2 heterocycles. The second-order valence-corrected chi connectivity index (χ2v) is 7.71. The molecule has 2 rings (SSSR count). The highest BCUT2D eigenvalue weighted by atomic mass is 32.2. The smallest absolute Gasteiger partial charge is 0.150 e. The van der Waals surface area contributed by atoms with E-state index in [2.05, 4.69) is 23.7 Å². The molecule has 0 bridgehead atoms. The minimum absolute atomic E-state index is 0.184. The van der Waals surface area contributed by atoms with E-state index in [0.717, 1.165) is 6.42 Å². The maximum atomic E-state index is 11.5. The van der Waals surface area contributed by atoms with Crippen molar-refractivity contribution in [1.82, 2.24) is 5.32 Å². The fourth-order valence-corrected chi connectivity index (χ4v) is 5.04. The molecule has 90 valence electrons. The summed E-state index contributed by atoms with van der Waals surface area (Å²) >= 11 is 1.72. The minimum atomic E-state index is -2.79. The van der Waals surface area contributed by atoms with Crippen molar-refractivity contribution in [1.29, 1.82) is 0 Å². The van der Waals surface area contributed by atoms with Gasteiger partial charge in [0, 0.05) is 10.9 Å². The molecule has 2 atom stereocenters. The van der Waals surface area contributed by atoms with Crippen LogP contribution in [0.15, 0.2) is 11.4 Å². The van der Waals surface area contributed by atoms with E-state index >= 15 is 0 Å². The van der Waals surface area contributed by atoms with Crippen molar-refractivity contribution < 1.29 is 8.42 Å². The molecule has 0 aromatic carbocycles. The Bertz CT molecular complexity index is 464. The van der Waals surface area contributed by atoms with Crippen LogP contribution in [0, 0.1) is 12.8 Å². The molecule has 0 spiro atoms. The Morgan fingerprint density at radius 3 is 2.75 bits per heavy atom. The number of rotatable bonds is 3. The quantitative estimate of drug-likeness (QED) is 0.899. The van der Waals surface area contributed by atoms with Crippen LogP contribution in [0.4, 0.5) is 0 Å². The highest BCUT2D eigenvalue weighted by molar-refractivity contribution is 7.91. The molecule has 1 aromatic heterocycles. The standard InChI is InChI=1S/C11H17NO2S2/c1-8-10(3-5-15-8)11(12-2)9-4-6-16(13,14)7-9/h3,5,9,11-12H,4,6-7H2,1-2H3. The Morgan fingerprint density at radius 1 is 1.56 bits per heavy atom. The van der Waals surface area contributed by atoms with Gasteiger partial charge in [0.1, 0.15) is 0 Å². The molecule has 0 saturated carbocycles. The molecule has 1 aliphatic heterocycles. The summed E-state index contributed by atoms with van der Waals surface area (Å²) in [7, 11) is -0.882. The Kier molecular flexibility index (Phi) is 3.37. The summed E-state index contributed by atoms with van der Waals surface area (Å²) in [6.07, 6.45) is 0.781. The van der Waals surface area contributed by atoms with Crippen molar-refractivity contribution in [3.63, 3.8) is 0 Å². The summed E-state index contributed by atoms with van der Waals surface area (Å²) in [5.41, 5.74) is 1.26. The van der Waals surface area contributed by atoms with Crippen LogP contribution < -0.4 is 5.32 Å². The van der Waals surface area contributed by atoms with E-state index in [0.29, 0.717) is 11.5 Å². The molecule has 0 amide bonds. The molecule has 1 aliphatic rings. The van der Waals surface area contributed by atoms with Crippen LogP contribution >= 0.6 is 11.3 Å². The summed E-state index contributed by atoms with van der Waals surface area (Å²) in [4.78, 5) is 1.28. The molecule has 0 radical (unpaired) electrons. The maximum absolute atomic E-state index is 11.5. The number of aryl methyl sites for hydroxylation is 1. The molecular formula is C11H17NO2S2. The van der Waals surface area contributed by atoms with Gasteiger partial charge in [0.05, 0.1) is 11.5 Å². The van der Waals surface area contributed by atoms with Crippen LogP contribution in [0.3, 0.4) is 0 Å². The summed E-state index contributed by atoms with van der Waals surface area (Å²) in [6.45, 7) is 2.09. The number of hydrogen-bond acceptors (Lipinski definition) is 4. The topological polar surface area (TPSA) is 46.2 Å². The van der Waals surface area contributed by atoms with Crippen LogP contribution in [-0.4, -0.2) is 27.0 Å². The summed E-state index contributed by atoms with van der Waals surface area (Å²) in [5, 5.41) is 5.34. The number of sulfone groups is 1. The Balaban J connectivity index is 2.22. The van der Waals surface area contributed by atoms with Gasteiger partial charge in [-0.25, -0.2) is 8.42 Å². The van der Waals surface area contributed by atoms with Gasteiger partial charge in [-0.3, -0.25) is 0 Å². The van der Waals surface area contributed by atoms with Crippen LogP contribution in [0.5, 0.6) is 0 Å². The van der Waals surface area contributed by atoms with Gasteiger partial charge in [0.15, 0.2) is 9.84 Å². The Morgan fingerprint density at radius 2 is 2.31 bits per heavy atom. The molecular weight excluding hydrogens is 242 g/mol. The van der Waals surface area contributed by atoms with Gasteiger partial charge in [-0.1, -0.05) is 0 Å². The summed E-state index contributed by atoms with van der Waals surface area (Å²) in [5.74, 6) is 0.899. The zero-order valence-electron chi connectivity index (χ0n) is 9.56. The van der Waals surface area contributed by atoms with Crippen molar-refractivity contribution >= 4 is 21.2 Å². The molecule has 0 aliphatic carbocycles. The van der Waals surface area contributed by atoms with Crippen molar-refractivity contribution in [3.05, 3.63) is 21.9 Å². The normalized spacial score (nSPS) is 25.8. The molecule has 1 saturated heterocycles. The SMILES string of the molecule is CNC(c1ccsc1C)C1CCS(=O)(=O)C1. The molecule has 1 fully saturated rings. The molecule has 3 nitrogen and oxygen atoms in total. The van der Waals surface area contributed by atoms with E-state index in [4.69, 9.17) is 0 Å². The highest BCUT2D eigenvalue weighted by Crippen LogP contribution is 2.34. The first-order chi connectivity index (χ1) is 7.53. The monoisotopic (exact) mass is 259 g/mol. The fraction of sp³-hybridized carbons (Fsp3) is 0.636. The second-order valence-electron chi connectivity index (χ2n) is 4.36. The third-order valence-corrected chi connectivity index (χ3v) is 5.94. The Hall–Kier alpha value is -0.390. The lowest BCUT2D eigenvalue weighted by Crippen LogP contribution is -2.26. The second kappa shape index (κ2) is 4.47. The van der Waals surface area contributed by atoms with E-state index in [9.17, 15) is 8.42 Å². The lowest BCUT2D eigenvalue weighted by atomic mass is 9.93. The largest absolute Gasteiger partial charge is 0.313 e. The Labute approximate surface area is 101 Å². The third-order valence-electron chi connectivity index (χ3n) is 3.28. The lowest BCUT2D eigenvalue weighted by molar-refractivity contribution is 0.418. The van der Waals surface area contributed by atoms with E-state index in [1.165, 1.54) is 10.4 Å². The molecule has 1 aromatic rings. The molecule has 1 N–H and O–H groups in total. The van der Waals surface area contributed by atoms with Gasteiger partial charge in [0.2, 0.25) is 0 Å². The lowest BCUT2D eigenvalue weighted by Gasteiger charge is -2.22. The highest BCUT2D eigenvalue weighted by Gasteiger charge is 2.34. The summed E-state index contributed by atoms with van der Waals surface area (Å²) in [6, 6.07) is 2.29. The van der Waals surface area contributed by atoms with Crippen LogP contribution in [0.25, 0.3) is 0 Å². The number of nitrogens with one attached hydrogen (secondary N) is 1. The average Bonchev–Trinajstić information content (AvgIpc) is 2.76. The van der Waals surface area contributed by atoms with Gasteiger partial charge >= 0.3 is 0 Å². The average molecular weight is 259 g/mol. The van der Waals surface area contributed by atoms with Gasteiger partial charge in [-0.15, -0.1) is 11.3 Å². The van der Waals surface area contributed by atoms with Crippen LogP contribution in [0.2, 0.25) is 0 Å². The van der Waals surface area contributed by atoms with E-state index < -0.39 is 9.84 Å². The van der Waals surface area contributed by atoms with Crippen molar-refractivity contribution in [3.8, 4) is 0 Å². The van der Waals surface area contributed by atoms with Crippen LogP contribution in [-0.2, 0) is 9.84 Å². The predicted molar refractivity (Wildman–Crippen MR) is 67.6 cm³/mol. The van der Waals surface area contributed by atoms with Crippen molar-refractivity contribution in [2.75, 3.05) is 18.6 Å². The summed E-state index contributed by atoms with van der Waals surface area (Å²) < 4.78 is 23.0. The molecule has 2 unspecified atom stereocenters. The fourth-order valence-electron chi connectivity index (χ4n) is 2.45. The first kappa shape index (κ1) is 12.1. The van der Waals surface area contributed by atoms with Crippen LogP contribution in [0.1, 0.15) is 22.9 Å².